The first-order chi connectivity index (χ1) is 7.75. The lowest BCUT2D eigenvalue weighted by Crippen LogP contribution is -2.17. The second-order valence-electron chi connectivity index (χ2n) is 4.39. The largest absolute Gasteiger partial charge is 0.382 e. The van der Waals surface area contributed by atoms with E-state index in [1.807, 2.05) is 25.2 Å². The molecule has 0 unspecified atom stereocenters. The maximum Gasteiger partial charge on any atom is 0.252 e. The Hall–Kier alpha value is -1.77. The number of aromatic nitrogens is 1. The van der Waals surface area contributed by atoms with Crippen LogP contribution in [0, 0.1) is 0 Å². The molecule has 0 spiro atoms. The van der Waals surface area contributed by atoms with Crippen LogP contribution in [0.3, 0.4) is 0 Å². The maximum atomic E-state index is 11.8. The lowest BCUT2D eigenvalue weighted by atomic mass is 10.2. The van der Waals surface area contributed by atoms with Gasteiger partial charge in [0.2, 0.25) is 0 Å². The Bertz CT molecular complexity index is 596. The van der Waals surface area contributed by atoms with Gasteiger partial charge in [-0.2, -0.15) is 0 Å². The van der Waals surface area contributed by atoms with E-state index in [0.717, 1.165) is 16.6 Å². The van der Waals surface area contributed by atoms with Crippen molar-refractivity contribution < 1.29 is 0 Å². The highest BCUT2D eigenvalue weighted by Gasteiger charge is 2.21. The number of fused-ring (bicyclic) bond motifs is 1. The number of nitrogens with one attached hydrogen (secondary N) is 1. The average Bonchev–Trinajstić information content (AvgIpc) is 3.10. The molecule has 1 aromatic heterocycles. The Morgan fingerprint density at radius 3 is 2.81 bits per heavy atom. The molecule has 1 N–H and O–H groups in total. The Morgan fingerprint density at radius 1 is 1.31 bits per heavy atom. The standard InChI is InChI=1S/C13H14N2O/c1-15-12-5-3-2-4-10(12)11(8-13(15)16)14-9-6-7-9/h2-5,8-9,14H,6-7H2,1H3. The zero-order valence-electron chi connectivity index (χ0n) is 9.23. The molecule has 82 valence electrons. The molecule has 3 nitrogen and oxygen atoms in total. The lowest BCUT2D eigenvalue weighted by molar-refractivity contribution is 0.905. The Kier molecular flexibility index (Phi) is 1.99. The van der Waals surface area contributed by atoms with E-state index >= 15 is 0 Å². The van der Waals surface area contributed by atoms with Gasteiger partial charge in [-0.1, -0.05) is 18.2 Å². The van der Waals surface area contributed by atoms with Gasteiger partial charge in [0.25, 0.3) is 5.56 Å². The van der Waals surface area contributed by atoms with E-state index in [1.165, 1.54) is 12.8 Å². The normalized spacial score (nSPS) is 15.3. The fourth-order valence-electron chi connectivity index (χ4n) is 1.98. The molecular weight excluding hydrogens is 200 g/mol. The molecule has 3 heteroatoms. The Labute approximate surface area is 93.7 Å². The van der Waals surface area contributed by atoms with Crippen LogP contribution < -0.4 is 10.9 Å². The first-order valence-corrected chi connectivity index (χ1v) is 5.61. The van der Waals surface area contributed by atoms with Crippen molar-refractivity contribution in [1.82, 2.24) is 4.57 Å². The fourth-order valence-corrected chi connectivity index (χ4v) is 1.98. The monoisotopic (exact) mass is 214 g/mol. The van der Waals surface area contributed by atoms with Crippen LogP contribution in [0.15, 0.2) is 35.1 Å². The summed E-state index contributed by atoms with van der Waals surface area (Å²) in [5.74, 6) is 0. The van der Waals surface area contributed by atoms with Gasteiger partial charge in [0, 0.05) is 30.2 Å². The van der Waals surface area contributed by atoms with Crippen LogP contribution in [0.1, 0.15) is 12.8 Å². The minimum Gasteiger partial charge on any atom is -0.382 e. The van der Waals surface area contributed by atoms with Crippen molar-refractivity contribution in [2.45, 2.75) is 18.9 Å². The van der Waals surface area contributed by atoms with Gasteiger partial charge in [0.1, 0.15) is 0 Å². The van der Waals surface area contributed by atoms with Crippen LogP contribution in [0.25, 0.3) is 10.9 Å². The van der Waals surface area contributed by atoms with Gasteiger partial charge in [-0.05, 0) is 18.9 Å². The third kappa shape index (κ3) is 1.48. The van der Waals surface area contributed by atoms with Gasteiger partial charge in [-0.25, -0.2) is 0 Å². The zero-order valence-corrected chi connectivity index (χ0v) is 9.23. The second kappa shape index (κ2) is 3.37. The van der Waals surface area contributed by atoms with E-state index in [2.05, 4.69) is 11.4 Å². The molecule has 0 saturated heterocycles. The number of hydrogen-bond acceptors (Lipinski definition) is 2. The van der Waals surface area contributed by atoms with Gasteiger partial charge in [0.05, 0.1) is 5.52 Å². The smallest absolute Gasteiger partial charge is 0.252 e. The highest BCUT2D eigenvalue weighted by molar-refractivity contribution is 5.91. The number of anilines is 1. The van der Waals surface area contributed by atoms with Crippen molar-refractivity contribution in [3.63, 3.8) is 0 Å². The third-order valence-corrected chi connectivity index (χ3v) is 3.09. The van der Waals surface area contributed by atoms with E-state index in [4.69, 9.17) is 0 Å². The molecule has 0 atom stereocenters. The van der Waals surface area contributed by atoms with Crippen molar-refractivity contribution >= 4 is 16.6 Å². The van der Waals surface area contributed by atoms with E-state index in [9.17, 15) is 4.79 Å². The highest BCUT2D eigenvalue weighted by atomic mass is 16.1. The summed E-state index contributed by atoms with van der Waals surface area (Å²) in [6, 6.07) is 10.3. The van der Waals surface area contributed by atoms with E-state index in [-0.39, 0.29) is 5.56 Å². The van der Waals surface area contributed by atoms with E-state index < -0.39 is 0 Å². The summed E-state index contributed by atoms with van der Waals surface area (Å²) >= 11 is 0. The number of hydrogen-bond donors (Lipinski definition) is 1. The van der Waals surface area contributed by atoms with Crippen LogP contribution in [0.4, 0.5) is 5.69 Å². The predicted octanol–water partition coefficient (Wildman–Crippen LogP) is 2.11. The average molecular weight is 214 g/mol. The molecular formula is C13H14N2O. The number of pyridine rings is 1. The Balaban J connectivity index is 2.26. The molecule has 0 bridgehead atoms. The molecule has 1 heterocycles. The van der Waals surface area contributed by atoms with Gasteiger partial charge < -0.3 is 9.88 Å². The van der Waals surface area contributed by atoms with E-state index in [0.29, 0.717) is 6.04 Å². The summed E-state index contributed by atoms with van der Waals surface area (Å²) in [4.78, 5) is 11.8. The topological polar surface area (TPSA) is 34.0 Å². The van der Waals surface area contributed by atoms with Crippen molar-refractivity contribution in [3.8, 4) is 0 Å². The van der Waals surface area contributed by atoms with Crippen molar-refractivity contribution in [2.75, 3.05) is 5.32 Å². The SMILES string of the molecule is Cn1c(=O)cc(NC2CC2)c2ccccc21. The van der Waals surface area contributed by atoms with Crippen LogP contribution in [-0.2, 0) is 7.05 Å². The van der Waals surface area contributed by atoms with Gasteiger partial charge in [0.15, 0.2) is 0 Å². The van der Waals surface area contributed by atoms with Crippen LogP contribution >= 0.6 is 0 Å². The van der Waals surface area contributed by atoms with E-state index in [1.54, 1.807) is 10.6 Å². The third-order valence-electron chi connectivity index (χ3n) is 3.09. The van der Waals surface area contributed by atoms with Gasteiger partial charge in [-0.15, -0.1) is 0 Å². The highest BCUT2D eigenvalue weighted by Crippen LogP contribution is 2.28. The second-order valence-corrected chi connectivity index (χ2v) is 4.39. The molecule has 1 aromatic carbocycles. The molecule has 1 saturated carbocycles. The molecule has 1 aliphatic carbocycles. The van der Waals surface area contributed by atoms with Gasteiger partial charge in [-0.3, -0.25) is 4.79 Å². The summed E-state index contributed by atoms with van der Waals surface area (Å²) in [6.07, 6.45) is 2.42. The molecule has 0 radical (unpaired) electrons. The molecule has 3 rings (SSSR count). The summed E-state index contributed by atoms with van der Waals surface area (Å²) < 4.78 is 1.69. The van der Waals surface area contributed by atoms with Crippen molar-refractivity contribution in [1.29, 1.82) is 0 Å². The minimum absolute atomic E-state index is 0.0434. The molecule has 2 aromatic rings. The van der Waals surface area contributed by atoms with Crippen LogP contribution in [0.2, 0.25) is 0 Å². The molecule has 0 aliphatic heterocycles. The van der Waals surface area contributed by atoms with Crippen molar-refractivity contribution in [2.24, 2.45) is 7.05 Å². The first-order valence-electron chi connectivity index (χ1n) is 5.61. The van der Waals surface area contributed by atoms with Crippen LogP contribution in [-0.4, -0.2) is 10.6 Å². The number of benzene rings is 1. The number of aryl methyl sites for hydroxylation is 1. The molecule has 1 fully saturated rings. The Morgan fingerprint density at radius 2 is 2.06 bits per heavy atom. The number of para-hydroxylation sites is 1. The minimum atomic E-state index is 0.0434. The lowest BCUT2D eigenvalue weighted by Gasteiger charge is -2.11. The number of rotatable bonds is 2. The first kappa shape index (κ1) is 9.46. The van der Waals surface area contributed by atoms with Gasteiger partial charge >= 0.3 is 0 Å². The van der Waals surface area contributed by atoms with Crippen LogP contribution in [0.5, 0.6) is 0 Å². The summed E-state index contributed by atoms with van der Waals surface area (Å²) in [5, 5.41) is 4.54. The quantitative estimate of drug-likeness (QED) is 0.830. The summed E-state index contributed by atoms with van der Waals surface area (Å²) in [7, 11) is 1.81. The molecule has 16 heavy (non-hydrogen) atoms. The van der Waals surface area contributed by atoms with Crippen molar-refractivity contribution in [3.05, 3.63) is 40.7 Å². The summed E-state index contributed by atoms with van der Waals surface area (Å²) in [6.45, 7) is 0. The predicted molar refractivity (Wildman–Crippen MR) is 65.8 cm³/mol. The zero-order chi connectivity index (χ0) is 11.1. The number of nitrogens with zero attached hydrogens (tertiary/aromatic N) is 1. The molecule has 0 amide bonds. The summed E-state index contributed by atoms with van der Waals surface area (Å²) in [5.41, 5.74) is 2.00. The fraction of sp³-hybridized carbons (Fsp3) is 0.308. The molecule has 1 aliphatic rings. The maximum absolute atomic E-state index is 11.8.